The number of benzene rings is 2. The molecule has 0 saturated carbocycles. The van der Waals surface area contributed by atoms with Gasteiger partial charge in [0.05, 0.1) is 12.6 Å². The Kier molecular flexibility index (Phi) is 6.52. The van der Waals surface area contributed by atoms with Crippen molar-refractivity contribution in [3.8, 4) is 11.5 Å². The molecule has 3 rings (SSSR count). The summed E-state index contributed by atoms with van der Waals surface area (Å²) >= 11 is 0. The van der Waals surface area contributed by atoms with E-state index in [9.17, 15) is 9.18 Å². The Morgan fingerprint density at radius 1 is 1.11 bits per heavy atom. The fourth-order valence-corrected chi connectivity index (χ4v) is 3.32. The number of fused-ring (bicyclic) bond motifs is 1. The Bertz CT molecular complexity index is 808. The third-order valence-corrected chi connectivity index (χ3v) is 4.68. The third kappa shape index (κ3) is 5.23. The molecule has 0 fully saturated rings. The summed E-state index contributed by atoms with van der Waals surface area (Å²) in [7, 11) is 1.90. The van der Waals surface area contributed by atoms with Crippen molar-refractivity contribution in [1.82, 2.24) is 10.2 Å². The van der Waals surface area contributed by atoms with Crippen molar-refractivity contribution in [2.24, 2.45) is 5.92 Å². The maximum Gasteiger partial charge on any atom is 0.234 e. The lowest BCUT2D eigenvalue weighted by molar-refractivity contribution is -0.123. The Labute approximate surface area is 165 Å². The van der Waals surface area contributed by atoms with E-state index in [2.05, 4.69) is 5.32 Å². The summed E-state index contributed by atoms with van der Waals surface area (Å²) in [5, 5.41) is 3.07. The number of halogens is 1. The highest BCUT2D eigenvalue weighted by Gasteiger charge is 2.19. The number of rotatable bonds is 7. The quantitative estimate of drug-likeness (QED) is 0.791. The first-order valence-electron chi connectivity index (χ1n) is 9.54. The largest absolute Gasteiger partial charge is 0.486 e. The zero-order valence-corrected chi connectivity index (χ0v) is 16.6. The van der Waals surface area contributed by atoms with Gasteiger partial charge in [-0.2, -0.15) is 0 Å². The molecule has 1 aliphatic heterocycles. The summed E-state index contributed by atoms with van der Waals surface area (Å²) in [5.74, 6) is 1.35. The molecule has 5 nitrogen and oxygen atoms in total. The van der Waals surface area contributed by atoms with E-state index in [0.29, 0.717) is 19.8 Å². The van der Waals surface area contributed by atoms with Gasteiger partial charge in [0.1, 0.15) is 19.0 Å². The van der Waals surface area contributed by atoms with Crippen LogP contribution in [-0.2, 0) is 11.3 Å². The molecule has 1 atom stereocenters. The van der Waals surface area contributed by atoms with Crippen molar-refractivity contribution in [2.75, 3.05) is 26.8 Å². The van der Waals surface area contributed by atoms with Gasteiger partial charge in [-0.05, 0) is 48.4 Å². The zero-order chi connectivity index (χ0) is 20.1. The van der Waals surface area contributed by atoms with Crippen molar-refractivity contribution in [3.63, 3.8) is 0 Å². The molecular formula is C22H27FN2O3. The number of carbonyl (C=O) groups is 1. The normalized spacial score (nSPS) is 14.2. The molecule has 28 heavy (non-hydrogen) atoms. The van der Waals surface area contributed by atoms with Gasteiger partial charge in [0.15, 0.2) is 11.5 Å². The molecule has 2 aromatic rings. The van der Waals surface area contributed by atoms with Crippen LogP contribution < -0.4 is 14.8 Å². The predicted molar refractivity (Wildman–Crippen MR) is 106 cm³/mol. The van der Waals surface area contributed by atoms with Crippen molar-refractivity contribution in [2.45, 2.75) is 26.4 Å². The van der Waals surface area contributed by atoms with Crippen molar-refractivity contribution < 1.29 is 18.7 Å². The highest BCUT2D eigenvalue weighted by molar-refractivity contribution is 5.78. The Morgan fingerprint density at radius 2 is 1.79 bits per heavy atom. The second-order valence-corrected chi connectivity index (χ2v) is 7.49. The average Bonchev–Trinajstić information content (AvgIpc) is 2.66. The number of amides is 1. The molecular weight excluding hydrogens is 359 g/mol. The molecule has 1 N–H and O–H groups in total. The SMILES string of the molecule is CC(C)[C@H](NC(=O)CN(C)Cc1ccc2c(c1)OCCO2)c1ccc(F)cc1. The molecule has 1 amide bonds. The minimum Gasteiger partial charge on any atom is -0.486 e. The summed E-state index contributed by atoms with van der Waals surface area (Å²) in [4.78, 5) is 14.5. The van der Waals surface area contributed by atoms with E-state index >= 15 is 0 Å². The fourth-order valence-electron chi connectivity index (χ4n) is 3.32. The Balaban J connectivity index is 1.57. The number of nitrogens with one attached hydrogen (secondary N) is 1. The molecule has 0 aliphatic carbocycles. The van der Waals surface area contributed by atoms with Gasteiger partial charge >= 0.3 is 0 Å². The highest BCUT2D eigenvalue weighted by atomic mass is 19.1. The van der Waals surface area contributed by atoms with Crippen LogP contribution in [0.1, 0.15) is 31.0 Å². The first kappa shape index (κ1) is 20.1. The monoisotopic (exact) mass is 386 g/mol. The summed E-state index contributed by atoms with van der Waals surface area (Å²) in [5.41, 5.74) is 1.96. The van der Waals surface area contributed by atoms with Crippen LogP contribution >= 0.6 is 0 Å². The first-order valence-corrected chi connectivity index (χ1v) is 9.54. The van der Waals surface area contributed by atoms with Crippen LogP contribution in [0.2, 0.25) is 0 Å². The Morgan fingerprint density at radius 3 is 2.46 bits per heavy atom. The van der Waals surface area contributed by atoms with E-state index in [4.69, 9.17) is 9.47 Å². The number of likely N-dealkylation sites (N-methyl/N-ethyl adjacent to an activating group) is 1. The molecule has 0 saturated heterocycles. The van der Waals surface area contributed by atoms with Crippen molar-refractivity contribution in [1.29, 1.82) is 0 Å². The molecule has 150 valence electrons. The topological polar surface area (TPSA) is 50.8 Å². The van der Waals surface area contributed by atoms with Gasteiger partial charge in [-0.3, -0.25) is 9.69 Å². The van der Waals surface area contributed by atoms with E-state index < -0.39 is 0 Å². The molecule has 1 aliphatic rings. The predicted octanol–water partition coefficient (Wildman–Crippen LogP) is 3.54. The maximum atomic E-state index is 13.2. The summed E-state index contributed by atoms with van der Waals surface area (Å²) < 4.78 is 24.3. The molecule has 0 radical (unpaired) electrons. The smallest absolute Gasteiger partial charge is 0.234 e. The average molecular weight is 386 g/mol. The third-order valence-electron chi connectivity index (χ3n) is 4.68. The van der Waals surface area contributed by atoms with E-state index in [1.54, 1.807) is 12.1 Å². The van der Waals surface area contributed by atoms with Crippen LogP contribution in [0, 0.1) is 11.7 Å². The molecule has 0 bridgehead atoms. The minimum absolute atomic E-state index is 0.0666. The number of ether oxygens (including phenoxy) is 2. The number of nitrogens with zero attached hydrogens (tertiary/aromatic N) is 1. The van der Waals surface area contributed by atoms with Gasteiger partial charge in [0.2, 0.25) is 5.91 Å². The van der Waals surface area contributed by atoms with Crippen molar-refractivity contribution in [3.05, 3.63) is 59.4 Å². The fraction of sp³-hybridized carbons (Fsp3) is 0.409. The van der Waals surface area contributed by atoms with Gasteiger partial charge in [-0.25, -0.2) is 4.39 Å². The number of carbonyl (C=O) groups excluding carboxylic acids is 1. The minimum atomic E-state index is -0.281. The number of hydrogen-bond donors (Lipinski definition) is 1. The summed E-state index contributed by atoms with van der Waals surface area (Å²) in [6.07, 6.45) is 0. The van der Waals surface area contributed by atoms with Crippen LogP contribution in [0.15, 0.2) is 42.5 Å². The van der Waals surface area contributed by atoms with Crippen molar-refractivity contribution >= 4 is 5.91 Å². The summed E-state index contributed by atoms with van der Waals surface area (Å²) in [6.45, 7) is 6.07. The lowest BCUT2D eigenvalue weighted by atomic mass is 9.96. The molecule has 0 spiro atoms. The second-order valence-electron chi connectivity index (χ2n) is 7.49. The van der Waals surface area contributed by atoms with Crippen LogP contribution in [0.25, 0.3) is 0 Å². The molecule has 0 aromatic heterocycles. The van der Waals surface area contributed by atoms with Crippen LogP contribution in [0.4, 0.5) is 4.39 Å². The molecule has 6 heteroatoms. The molecule has 2 aromatic carbocycles. The number of hydrogen-bond acceptors (Lipinski definition) is 4. The maximum absolute atomic E-state index is 13.2. The van der Waals surface area contributed by atoms with E-state index in [1.165, 1.54) is 12.1 Å². The van der Waals surface area contributed by atoms with Gasteiger partial charge in [0, 0.05) is 6.54 Å². The molecule has 0 unspecified atom stereocenters. The van der Waals surface area contributed by atoms with Crippen LogP contribution in [0.3, 0.4) is 0 Å². The van der Waals surface area contributed by atoms with E-state index in [0.717, 1.165) is 22.6 Å². The Hall–Kier alpha value is -2.60. The van der Waals surface area contributed by atoms with E-state index in [-0.39, 0.29) is 30.2 Å². The van der Waals surface area contributed by atoms with Gasteiger partial charge in [-0.1, -0.05) is 32.0 Å². The van der Waals surface area contributed by atoms with Crippen LogP contribution in [-0.4, -0.2) is 37.6 Å². The second kappa shape index (κ2) is 9.06. The lowest BCUT2D eigenvalue weighted by Gasteiger charge is -2.25. The van der Waals surface area contributed by atoms with Gasteiger partial charge < -0.3 is 14.8 Å². The highest BCUT2D eigenvalue weighted by Crippen LogP contribution is 2.31. The van der Waals surface area contributed by atoms with Crippen LogP contribution in [0.5, 0.6) is 11.5 Å². The van der Waals surface area contributed by atoms with Gasteiger partial charge in [-0.15, -0.1) is 0 Å². The molecule has 1 heterocycles. The van der Waals surface area contributed by atoms with Gasteiger partial charge in [0.25, 0.3) is 0 Å². The lowest BCUT2D eigenvalue weighted by Crippen LogP contribution is -2.38. The standard InChI is InChI=1S/C22H27FN2O3/c1-15(2)22(17-5-7-18(23)8-6-17)24-21(26)14-25(3)13-16-4-9-19-20(12-16)28-11-10-27-19/h4-9,12,15,22H,10-11,13-14H2,1-3H3,(H,24,26)/t22-/m0/s1. The summed E-state index contributed by atoms with van der Waals surface area (Å²) in [6, 6.07) is 12.0. The first-order chi connectivity index (χ1) is 13.4. The zero-order valence-electron chi connectivity index (χ0n) is 16.6. The van der Waals surface area contributed by atoms with E-state index in [1.807, 2.05) is 44.0 Å².